The minimum absolute atomic E-state index is 0.0224. The van der Waals surface area contributed by atoms with Crippen molar-refractivity contribution < 1.29 is 19.6 Å². The third-order valence-corrected chi connectivity index (χ3v) is 3.48. The number of non-ortho nitro benzene ring substituents is 1. The molecule has 0 radical (unpaired) electrons. The lowest BCUT2D eigenvalue weighted by Gasteiger charge is -2.03. The highest BCUT2D eigenvalue weighted by Gasteiger charge is 2.22. The number of ketones is 1. The first kappa shape index (κ1) is 14.5. The number of rotatable bonds is 4. The summed E-state index contributed by atoms with van der Waals surface area (Å²) in [5.74, 6) is -1.59. The van der Waals surface area contributed by atoms with Gasteiger partial charge in [0.2, 0.25) is 0 Å². The van der Waals surface area contributed by atoms with Gasteiger partial charge in [-0.3, -0.25) is 14.9 Å². The van der Waals surface area contributed by atoms with Crippen molar-refractivity contribution in [3.05, 3.63) is 75.5 Å². The Balaban J connectivity index is 2.26. The number of fused-ring (bicyclic) bond motifs is 1. The van der Waals surface area contributed by atoms with E-state index in [2.05, 4.69) is 4.98 Å². The van der Waals surface area contributed by atoms with Crippen molar-refractivity contribution in [3.8, 4) is 0 Å². The molecule has 0 aliphatic heterocycles. The maximum absolute atomic E-state index is 12.6. The van der Waals surface area contributed by atoms with E-state index in [4.69, 9.17) is 5.11 Å². The first-order chi connectivity index (χ1) is 11.0. The van der Waals surface area contributed by atoms with Gasteiger partial charge >= 0.3 is 5.97 Å². The maximum Gasteiger partial charge on any atom is 0.352 e. The van der Waals surface area contributed by atoms with Crippen LogP contribution in [0.5, 0.6) is 0 Å². The second kappa shape index (κ2) is 5.38. The SMILES string of the molecule is O=C(O)c1cc2c(C(=O)c3ccccc3)ccc([N+](=O)[O-])c2[nH]1. The van der Waals surface area contributed by atoms with Gasteiger partial charge in [0.1, 0.15) is 11.2 Å². The van der Waals surface area contributed by atoms with Crippen LogP contribution in [0.3, 0.4) is 0 Å². The Bertz CT molecular complexity index is 944. The number of nitrogens with one attached hydrogen (secondary N) is 1. The number of benzene rings is 2. The number of carboxylic acids is 1. The number of carbonyl (C=O) groups is 2. The topological polar surface area (TPSA) is 113 Å². The van der Waals surface area contributed by atoms with Crippen molar-refractivity contribution in [2.45, 2.75) is 0 Å². The molecule has 0 bridgehead atoms. The van der Waals surface area contributed by atoms with Gasteiger partial charge < -0.3 is 10.1 Å². The van der Waals surface area contributed by atoms with E-state index in [0.717, 1.165) is 0 Å². The molecule has 0 unspecified atom stereocenters. The molecule has 1 heterocycles. The van der Waals surface area contributed by atoms with Gasteiger partial charge in [-0.15, -0.1) is 0 Å². The molecule has 0 aliphatic carbocycles. The lowest BCUT2D eigenvalue weighted by atomic mass is 9.99. The Morgan fingerprint density at radius 2 is 1.78 bits per heavy atom. The average Bonchev–Trinajstić information content (AvgIpc) is 2.99. The lowest BCUT2D eigenvalue weighted by molar-refractivity contribution is -0.383. The van der Waals surface area contributed by atoms with Crippen molar-refractivity contribution in [2.75, 3.05) is 0 Å². The Morgan fingerprint density at radius 3 is 2.39 bits per heavy atom. The van der Waals surface area contributed by atoms with Gasteiger partial charge in [0, 0.05) is 22.6 Å². The number of carbonyl (C=O) groups excluding carboxylic acids is 1. The molecule has 0 fully saturated rings. The monoisotopic (exact) mass is 310 g/mol. The van der Waals surface area contributed by atoms with E-state index in [1.165, 1.54) is 18.2 Å². The molecule has 0 saturated carbocycles. The van der Waals surface area contributed by atoms with Crippen molar-refractivity contribution in [3.63, 3.8) is 0 Å². The first-order valence-electron chi connectivity index (χ1n) is 6.62. The van der Waals surface area contributed by atoms with Gasteiger partial charge in [0.25, 0.3) is 5.69 Å². The molecule has 23 heavy (non-hydrogen) atoms. The zero-order chi connectivity index (χ0) is 16.6. The van der Waals surface area contributed by atoms with E-state index in [1.54, 1.807) is 30.3 Å². The fraction of sp³-hybridized carbons (Fsp3) is 0. The quantitative estimate of drug-likeness (QED) is 0.437. The number of nitro groups is 1. The highest BCUT2D eigenvalue weighted by molar-refractivity contribution is 6.18. The summed E-state index contributed by atoms with van der Waals surface area (Å²) in [4.78, 5) is 36.7. The van der Waals surface area contributed by atoms with Crippen molar-refractivity contribution in [2.24, 2.45) is 0 Å². The Morgan fingerprint density at radius 1 is 1.09 bits per heavy atom. The summed E-state index contributed by atoms with van der Waals surface area (Å²) < 4.78 is 0. The van der Waals surface area contributed by atoms with E-state index >= 15 is 0 Å². The second-order valence-electron chi connectivity index (χ2n) is 4.86. The highest BCUT2D eigenvalue weighted by Crippen LogP contribution is 2.30. The predicted molar refractivity (Wildman–Crippen MR) is 81.8 cm³/mol. The van der Waals surface area contributed by atoms with Crippen LogP contribution in [0.4, 0.5) is 5.69 Å². The number of H-pyrrole nitrogens is 1. The zero-order valence-corrected chi connectivity index (χ0v) is 11.6. The van der Waals surface area contributed by atoms with E-state index in [0.29, 0.717) is 5.56 Å². The number of aromatic amines is 1. The fourth-order valence-electron chi connectivity index (χ4n) is 2.41. The van der Waals surface area contributed by atoms with Crippen LogP contribution in [0, 0.1) is 10.1 Å². The predicted octanol–water partition coefficient (Wildman–Crippen LogP) is 3.01. The maximum atomic E-state index is 12.6. The van der Waals surface area contributed by atoms with Crippen molar-refractivity contribution in [1.29, 1.82) is 0 Å². The van der Waals surface area contributed by atoms with E-state index in [9.17, 15) is 19.7 Å². The van der Waals surface area contributed by atoms with Gasteiger partial charge in [-0.25, -0.2) is 4.79 Å². The van der Waals surface area contributed by atoms with Gasteiger partial charge in [0.15, 0.2) is 5.78 Å². The minimum Gasteiger partial charge on any atom is -0.477 e. The van der Waals surface area contributed by atoms with E-state index in [-0.39, 0.29) is 33.6 Å². The van der Waals surface area contributed by atoms with Crippen molar-refractivity contribution >= 4 is 28.3 Å². The zero-order valence-electron chi connectivity index (χ0n) is 11.6. The van der Waals surface area contributed by atoms with Crippen LogP contribution < -0.4 is 0 Å². The molecule has 114 valence electrons. The standard InChI is InChI=1S/C16H10N2O5/c19-15(9-4-2-1-3-5-9)10-6-7-13(18(22)23)14-11(10)8-12(17-14)16(20)21/h1-8,17H,(H,20,21). The number of hydrogen-bond acceptors (Lipinski definition) is 4. The summed E-state index contributed by atoms with van der Waals surface area (Å²) in [6.07, 6.45) is 0. The third kappa shape index (κ3) is 2.44. The summed E-state index contributed by atoms with van der Waals surface area (Å²) >= 11 is 0. The normalized spacial score (nSPS) is 10.6. The Kier molecular flexibility index (Phi) is 3.38. The van der Waals surface area contributed by atoms with Crippen LogP contribution in [0.2, 0.25) is 0 Å². The van der Waals surface area contributed by atoms with Crippen LogP contribution >= 0.6 is 0 Å². The Hall–Kier alpha value is -3.48. The second-order valence-corrected chi connectivity index (χ2v) is 4.86. The Labute approximate surface area is 129 Å². The number of aromatic nitrogens is 1. The molecule has 7 nitrogen and oxygen atoms in total. The number of nitro benzene ring substituents is 1. The van der Waals surface area contributed by atoms with E-state index in [1.807, 2.05) is 0 Å². The molecule has 2 N–H and O–H groups in total. The molecule has 3 aromatic rings. The summed E-state index contributed by atoms with van der Waals surface area (Å²) in [6.45, 7) is 0. The largest absolute Gasteiger partial charge is 0.477 e. The molecule has 0 amide bonds. The van der Waals surface area contributed by atoms with E-state index < -0.39 is 10.9 Å². The molecule has 7 heteroatoms. The van der Waals surface area contributed by atoms with Gasteiger partial charge in [-0.1, -0.05) is 30.3 Å². The summed E-state index contributed by atoms with van der Waals surface area (Å²) in [7, 11) is 0. The molecule has 0 atom stereocenters. The number of hydrogen-bond donors (Lipinski definition) is 2. The van der Waals surface area contributed by atoms with Crippen LogP contribution in [0.15, 0.2) is 48.5 Å². The number of nitrogens with zero attached hydrogens (tertiary/aromatic N) is 1. The molecular weight excluding hydrogens is 300 g/mol. The summed E-state index contributed by atoms with van der Waals surface area (Å²) in [5, 5.41) is 20.4. The third-order valence-electron chi connectivity index (χ3n) is 3.48. The first-order valence-corrected chi connectivity index (χ1v) is 6.62. The number of aromatic carboxylic acids is 1. The molecule has 0 spiro atoms. The number of carboxylic acid groups (broad SMARTS) is 1. The highest BCUT2D eigenvalue weighted by atomic mass is 16.6. The summed E-state index contributed by atoms with van der Waals surface area (Å²) in [6, 6.07) is 12.2. The molecule has 1 aromatic heterocycles. The lowest BCUT2D eigenvalue weighted by Crippen LogP contribution is -2.02. The van der Waals surface area contributed by atoms with Gasteiger partial charge in [-0.05, 0) is 12.1 Å². The molecule has 0 saturated heterocycles. The van der Waals surface area contributed by atoms with Gasteiger partial charge in [-0.2, -0.15) is 0 Å². The average molecular weight is 310 g/mol. The molecule has 0 aliphatic rings. The molecular formula is C16H10N2O5. The van der Waals surface area contributed by atoms with Gasteiger partial charge in [0.05, 0.1) is 4.92 Å². The smallest absolute Gasteiger partial charge is 0.352 e. The molecule has 2 aromatic carbocycles. The molecule has 3 rings (SSSR count). The van der Waals surface area contributed by atoms with Crippen LogP contribution in [0.1, 0.15) is 26.4 Å². The van der Waals surface area contributed by atoms with Crippen LogP contribution in [-0.2, 0) is 0 Å². The summed E-state index contributed by atoms with van der Waals surface area (Å²) in [5.41, 5.74) is 0.156. The van der Waals surface area contributed by atoms with Crippen LogP contribution in [0.25, 0.3) is 10.9 Å². The fourth-order valence-corrected chi connectivity index (χ4v) is 2.41. The van der Waals surface area contributed by atoms with Crippen molar-refractivity contribution in [1.82, 2.24) is 4.98 Å². The minimum atomic E-state index is -1.26. The van der Waals surface area contributed by atoms with Crippen LogP contribution in [-0.4, -0.2) is 26.8 Å².